The summed E-state index contributed by atoms with van der Waals surface area (Å²) in [6, 6.07) is 0.489. The van der Waals surface area contributed by atoms with Gasteiger partial charge in [-0.25, -0.2) is 4.98 Å². The Morgan fingerprint density at radius 3 is 2.89 bits per heavy atom. The number of hydrogen-bond acceptors (Lipinski definition) is 4. The molecule has 18 heavy (non-hydrogen) atoms. The topological polar surface area (TPSA) is 34.1 Å². The first kappa shape index (κ1) is 14.0. The summed E-state index contributed by atoms with van der Waals surface area (Å²) in [5, 5.41) is 4.56. The SMILES string of the molecule is CCOC(C)(CC)c1nc2c(s1)C(NC)CCC2. The van der Waals surface area contributed by atoms with Crippen LogP contribution in [0.3, 0.4) is 0 Å². The maximum absolute atomic E-state index is 5.94. The normalized spacial score (nSPS) is 22.6. The third-order valence-corrected chi connectivity index (χ3v) is 5.35. The van der Waals surface area contributed by atoms with E-state index in [1.165, 1.54) is 23.4 Å². The zero-order valence-corrected chi connectivity index (χ0v) is 12.7. The van der Waals surface area contributed by atoms with Crippen LogP contribution in [0.4, 0.5) is 0 Å². The fourth-order valence-corrected chi connectivity index (χ4v) is 3.98. The second-order valence-electron chi connectivity index (χ2n) is 5.08. The number of aryl methyl sites for hydroxylation is 1. The Hall–Kier alpha value is -0.450. The van der Waals surface area contributed by atoms with Crippen LogP contribution in [-0.2, 0) is 16.8 Å². The number of nitrogens with zero attached hydrogens (tertiary/aromatic N) is 1. The molecule has 1 N–H and O–H groups in total. The number of hydrogen-bond donors (Lipinski definition) is 1. The van der Waals surface area contributed by atoms with E-state index in [9.17, 15) is 0 Å². The van der Waals surface area contributed by atoms with Gasteiger partial charge < -0.3 is 10.1 Å². The lowest BCUT2D eigenvalue weighted by Gasteiger charge is -2.25. The minimum atomic E-state index is -0.213. The Kier molecular flexibility index (Phi) is 4.41. The summed E-state index contributed by atoms with van der Waals surface area (Å²) in [6.07, 6.45) is 4.55. The van der Waals surface area contributed by atoms with Crippen molar-refractivity contribution in [1.29, 1.82) is 0 Å². The van der Waals surface area contributed by atoms with Crippen LogP contribution in [0.1, 0.15) is 61.7 Å². The summed E-state index contributed by atoms with van der Waals surface area (Å²) in [5.74, 6) is 0. The minimum absolute atomic E-state index is 0.213. The van der Waals surface area contributed by atoms with Crippen LogP contribution in [-0.4, -0.2) is 18.6 Å². The van der Waals surface area contributed by atoms with Crippen molar-refractivity contribution in [1.82, 2.24) is 10.3 Å². The largest absolute Gasteiger partial charge is 0.368 e. The van der Waals surface area contributed by atoms with Crippen LogP contribution in [0.15, 0.2) is 0 Å². The van der Waals surface area contributed by atoms with Gasteiger partial charge in [-0.15, -0.1) is 11.3 Å². The smallest absolute Gasteiger partial charge is 0.125 e. The van der Waals surface area contributed by atoms with Crippen molar-refractivity contribution in [2.24, 2.45) is 0 Å². The first-order chi connectivity index (χ1) is 8.64. The van der Waals surface area contributed by atoms with E-state index in [-0.39, 0.29) is 5.60 Å². The lowest BCUT2D eigenvalue weighted by Crippen LogP contribution is -2.24. The van der Waals surface area contributed by atoms with E-state index >= 15 is 0 Å². The Balaban J connectivity index is 2.33. The van der Waals surface area contributed by atoms with E-state index < -0.39 is 0 Å². The zero-order chi connectivity index (χ0) is 13.2. The van der Waals surface area contributed by atoms with Gasteiger partial charge in [0, 0.05) is 17.5 Å². The molecule has 2 unspecified atom stereocenters. The second kappa shape index (κ2) is 5.68. The van der Waals surface area contributed by atoms with E-state index in [4.69, 9.17) is 9.72 Å². The highest BCUT2D eigenvalue weighted by Gasteiger charge is 2.32. The number of rotatable bonds is 5. The Morgan fingerprint density at radius 1 is 1.50 bits per heavy atom. The van der Waals surface area contributed by atoms with Crippen molar-refractivity contribution < 1.29 is 4.74 Å². The quantitative estimate of drug-likeness (QED) is 0.888. The number of aromatic nitrogens is 1. The maximum Gasteiger partial charge on any atom is 0.125 e. The molecule has 0 aliphatic heterocycles. The molecule has 1 aromatic rings. The summed E-state index contributed by atoms with van der Waals surface area (Å²) in [7, 11) is 2.04. The molecular formula is C14H24N2OS. The molecule has 0 fully saturated rings. The third-order valence-electron chi connectivity index (χ3n) is 3.89. The Labute approximate surface area is 114 Å². The lowest BCUT2D eigenvalue weighted by molar-refractivity contribution is -0.0325. The third kappa shape index (κ3) is 2.46. The average molecular weight is 268 g/mol. The predicted molar refractivity (Wildman–Crippen MR) is 76.1 cm³/mol. The van der Waals surface area contributed by atoms with Crippen LogP contribution in [0.5, 0.6) is 0 Å². The summed E-state index contributed by atoms with van der Waals surface area (Å²) >= 11 is 1.84. The Morgan fingerprint density at radius 2 is 2.28 bits per heavy atom. The number of ether oxygens (including phenoxy) is 1. The zero-order valence-electron chi connectivity index (χ0n) is 11.9. The lowest BCUT2D eigenvalue weighted by atomic mass is 9.98. The van der Waals surface area contributed by atoms with Crippen LogP contribution < -0.4 is 5.32 Å². The molecule has 4 heteroatoms. The fraction of sp³-hybridized carbons (Fsp3) is 0.786. The first-order valence-corrected chi connectivity index (χ1v) is 7.77. The van der Waals surface area contributed by atoms with E-state index in [1.807, 2.05) is 18.4 Å². The first-order valence-electron chi connectivity index (χ1n) is 6.96. The molecule has 0 amide bonds. The molecule has 2 atom stereocenters. The molecule has 0 saturated carbocycles. The van der Waals surface area contributed by atoms with E-state index in [1.54, 1.807) is 0 Å². The van der Waals surface area contributed by atoms with Crippen molar-refractivity contribution in [3.05, 3.63) is 15.6 Å². The molecule has 2 rings (SSSR count). The van der Waals surface area contributed by atoms with Gasteiger partial charge in [0.1, 0.15) is 10.6 Å². The maximum atomic E-state index is 5.94. The number of fused-ring (bicyclic) bond motifs is 1. The number of thiazole rings is 1. The standard InChI is InChI=1S/C14H24N2OS/c1-5-14(3,17-6-2)13-16-11-9-7-8-10(15-4)12(11)18-13/h10,15H,5-9H2,1-4H3. The molecule has 1 aliphatic carbocycles. The van der Waals surface area contributed by atoms with Crippen molar-refractivity contribution in [2.75, 3.05) is 13.7 Å². The monoisotopic (exact) mass is 268 g/mol. The van der Waals surface area contributed by atoms with Crippen molar-refractivity contribution >= 4 is 11.3 Å². The second-order valence-corrected chi connectivity index (χ2v) is 6.11. The van der Waals surface area contributed by atoms with Gasteiger partial charge in [0.05, 0.1) is 5.69 Å². The van der Waals surface area contributed by atoms with Gasteiger partial charge in [-0.05, 0) is 46.6 Å². The summed E-state index contributed by atoms with van der Waals surface area (Å²) < 4.78 is 5.94. The summed E-state index contributed by atoms with van der Waals surface area (Å²) in [5.41, 5.74) is 1.08. The molecule has 0 saturated heterocycles. The predicted octanol–water partition coefficient (Wildman–Crippen LogP) is 3.40. The average Bonchev–Trinajstić information content (AvgIpc) is 2.83. The van der Waals surface area contributed by atoms with Gasteiger partial charge in [0.2, 0.25) is 0 Å². The molecular weight excluding hydrogens is 244 g/mol. The van der Waals surface area contributed by atoms with E-state index in [0.29, 0.717) is 6.04 Å². The summed E-state index contributed by atoms with van der Waals surface area (Å²) in [6.45, 7) is 7.13. The summed E-state index contributed by atoms with van der Waals surface area (Å²) in [4.78, 5) is 6.29. The molecule has 1 heterocycles. The van der Waals surface area contributed by atoms with Gasteiger partial charge in [0.15, 0.2) is 0 Å². The molecule has 0 spiro atoms. The van der Waals surface area contributed by atoms with Crippen molar-refractivity contribution in [2.45, 2.75) is 58.1 Å². The molecule has 102 valence electrons. The Bertz CT molecular complexity index is 404. The molecule has 0 bridgehead atoms. The van der Waals surface area contributed by atoms with Crippen LogP contribution in [0, 0.1) is 0 Å². The van der Waals surface area contributed by atoms with Crippen LogP contribution >= 0.6 is 11.3 Å². The fourth-order valence-electron chi connectivity index (χ4n) is 2.55. The molecule has 1 aromatic heterocycles. The van der Waals surface area contributed by atoms with Crippen LogP contribution in [0.25, 0.3) is 0 Å². The van der Waals surface area contributed by atoms with Crippen molar-refractivity contribution in [3.63, 3.8) is 0 Å². The van der Waals surface area contributed by atoms with Gasteiger partial charge in [-0.1, -0.05) is 6.92 Å². The number of nitrogens with one attached hydrogen (secondary N) is 1. The van der Waals surface area contributed by atoms with E-state index in [0.717, 1.165) is 24.5 Å². The minimum Gasteiger partial charge on any atom is -0.368 e. The highest BCUT2D eigenvalue weighted by molar-refractivity contribution is 7.12. The highest BCUT2D eigenvalue weighted by Crippen LogP contribution is 2.39. The van der Waals surface area contributed by atoms with Gasteiger partial charge in [-0.2, -0.15) is 0 Å². The molecule has 0 aromatic carbocycles. The molecule has 0 radical (unpaired) electrons. The van der Waals surface area contributed by atoms with Gasteiger partial charge in [0.25, 0.3) is 0 Å². The highest BCUT2D eigenvalue weighted by atomic mass is 32.1. The molecule has 1 aliphatic rings. The van der Waals surface area contributed by atoms with Crippen molar-refractivity contribution in [3.8, 4) is 0 Å². The molecule has 3 nitrogen and oxygen atoms in total. The van der Waals surface area contributed by atoms with E-state index in [2.05, 4.69) is 26.1 Å². The van der Waals surface area contributed by atoms with Crippen LogP contribution in [0.2, 0.25) is 0 Å². The van der Waals surface area contributed by atoms with Gasteiger partial charge in [-0.3, -0.25) is 0 Å². The van der Waals surface area contributed by atoms with Gasteiger partial charge >= 0.3 is 0 Å².